The molecule has 2 rings (SSSR count). The molecule has 0 saturated heterocycles. The van der Waals surface area contributed by atoms with Crippen molar-refractivity contribution in [2.75, 3.05) is 0 Å². The molecule has 5 heteroatoms. The van der Waals surface area contributed by atoms with E-state index in [-0.39, 0.29) is 0 Å². The first-order valence-electron chi connectivity index (χ1n) is 3.86. The first kappa shape index (κ1) is 8.12. The van der Waals surface area contributed by atoms with Gasteiger partial charge in [0, 0.05) is 4.88 Å². The average Bonchev–Trinajstić information content (AvgIpc) is 2.75. The standard InChI is InChI=1S/C8H8N4S/c1(3-8-4-2-6-13-8)5-12-7-9-10-11-12/h1-4,6-7H,5H2/b3-1+. The third-order valence-corrected chi connectivity index (χ3v) is 2.35. The molecule has 0 N–H and O–H groups in total. The Morgan fingerprint density at radius 3 is 3.23 bits per heavy atom. The largest absolute Gasteiger partial charge is 0.229 e. The van der Waals surface area contributed by atoms with Crippen molar-refractivity contribution in [2.24, 2.45) is 0 Å². The Morgan fingerprint density at radius 1 is 1.54 bits per heavy atom. The highest BCUT2D eigenvalue weighted by Crippen LogP contribution is 2.09. The number of rotatable bonds is 3. The van der Waals surface area contributed by atoms with E-state index in [1.165, 1.54) is 4.88 Å². The lowest BCUT2D eigenvalue weighted by molar-refractivity contribution is 0.661. The molecule has 0 spiro atoms. The van der Waals surface area contributed by atoms with E-state index < -0.39 is 0 Å². The van der Waals surface area contributed by atoms with Gasteiger partial charge in [-0.25, -0.2) is 4.68 Å². The fourth-order valence-corrected chi connectivity index (χ4v) is 1.57. The second-order valence-electron chi connectivity index (χ2n) is 2.45. The van der Waals surface area contributed by atoms with Gasteiger partial charge in [-0.1, -0.05) is 12.1 Å². The van der Waals surface area contributed by atoms with E-state index >= 15 is 0 Å². The highest BCUT2D eigenvalue weighted by Gasteiger charge is 1.87. The van der Waals surface area contributed by atoms with E-state index in [4.69, 9.17) is 0 Å². The smallest absolute Gasteiger partial charge is 0.138 e. The Hall–Kier alpha value is -1.49. The summed E-state index contributed by atoms with van der Waals surface area (Å²) in [5, 5.41) is 12.9. The molecule has 0 aliphatic rings. The lowest BCUT2D eigenvalue weighted by atomic mass is 10.4. The van der Waals surface area contributed by atoms with Gasteiger partial charge in [0.2, 0.25) is 0 Å². The van der Waals surface area contributed by atoms with Crippen molar-refractivity contribution >= 4 is 17.4 Å². The molecule has 0 atom stereocenters. The topological polar surface area (TPSA) is 43.6 Å². The molecule has 66 valence electrons. The van der Waals surface area contributed by atoms with Gasteiger partial charge in [-0.05, 0) is 27.9 Å². The lowest BCUT2D eigenvalue weighted by Crippen LogP contribution is -1.94. The number of hydrogen-bond donors (Lipinski definition) is 0. The predicted octanol–water partition coefficient (Wildman–Crippen LogP) is 1.45. The van der Waals surface area contributed by atoms with Gasteiger partial charge in [-0.15, -0.1) is 16.4 Å². The maximum absolute atomic E-state index is 3.74. The predicted molar refractivity (Wildman–Crippen MR) is 51.2 cm³/mol. The molecule has 0 bridgehead atoms. The van der Waals surface area contributed by atoms with Crippen molar-refractivity contribution in [3.63, 3.8) is 0 Å². The summed E-state index contributed by atoms with van der Waals surface area (Å²) in [5.74, 6) is 0. The van der Waals surface area contributed by atoms with Crippen molar-refractivity contribution in [1.29, 1.82) is 0 Å². The Morgan fingerprint density at radius 2 is 2.54 bits per heavy atom. The number of allylic oxidation sites excluding steroid dienone is 1. The van der Waals surface area contributed by atoms with Gasteiger partial charge < -0.3 is 0 Å². The van der Waals surface area contributed by atoms with Gasteiger partial charge in [-0.2, -0.15) is 0 Å². The van der Waals surface area contributed by atoms with E-state index in [1.54, 1.807) is 22.3 Å². The molecule has 0 amide bonds. The Balaban J connectivity index is 1.93. The average molecular weight is 192 g/mol. The number of hydrogen-bond acceptors (Lipinski definition) is 4. The van der Waals surface area contributed by atoms with Crippen LogP contribution in [-0.4, -0.2) is 20.2 Å². The third-order valence-electron chi connectivity index (χ3n) is 1.51. The van der Waals surface area contributed by atoms with Crippen LogP contribution in [0.15, 0.2) is 29.9 Å². The minimum absolute atomic E-state index is 0.713. The van der Waals surface area contributed by atoms with E-state index in [0.29, 0.717) is 6.54 Å². The second kappa shape index (κ2) is 3.95. The summed E-state index contributed by atoms with van der Waals surface area (Å²) >= 11 is 1.71. The molecule has 4 nitrogen and oxygen atoms in total. The normalized spacial score (nSPS) is 11.1. The molecule has 0 aromatic carbocycles. The van der Waals surface area contributed by atoms with Crippen molar-refractivity contribution in [3.05, 3.63) is 34.8 Å². The number of nitrogens with zero attached hydrogens (tertiary/aromatic N) is 4. The SMILES string of the molecule is C(=C\c1cccs1)/Cn1cnnn1. The molecule has 0 radical (unpaired) electrons. The number of tetrazole rings is 1. The highest BCUT2D eigenvalue weighted by molar-refractivity contribution is 7.10. The zero-order valence-electron chi connectivity index (χ0n) is 6.87. The molecule has 0 saturated carbocycles. The summed E-state index contributed by atoms with van der Waals surface area (Å²) in [5.41, 5.74) is 0. The minimum atomic E-state index is 0.713. The van der Waals surface area contributed by atoms with Crippen LogP contribution in [0.3, 0.4) is 0 Å². The zero-order chi connectivity index (χ0) is 8.93. The van der Waals surface area contributed by atoms with Crippen LogP contribution < -0.4 is 0 Å². The lowest BCUT2D eigenvalue weighted by Gasteiger charge is -1.89. The maximum Gasteiger partial charge on any atom is 0.138 e. The summed E-state index contributed by atoms with van der Waals surface area (Å²) in [6.07, 6.45) is 5.69. The van der Waals surface area contributed by atoms with Crippen LogP contribution in [0, 0.1) is 0 Å². The molecule has 13 heavy (non-hydrogen) atoms. The second-order valence-corrected chi connectivity index (χ2v) is 3.43. The summed E-state index contributed by atoms with van der Waals surface area (Å²) in [4.78, 5) is 1.24. The number of aromatic nitrogens is 4. The highest BCUT2D eigenvalue weighted by atomic mass is 32.1. The van der Waals surface area contributed by atoms with Crippen molar-refractivity contribution in [3.8, 4) is 0 Å². The molecule has 2 heterocycles. The molecular formula is C8H8N4S. The van der Waals surface area contributed by atoms with Crippen molar-refractivity contribution < 1.29 is 0 Å². The van der Waals surface area contributed by atoms with Crippen LogP contribution in [0.1, 0.15) is 4.88 Å². The number of thiophene rings is 1. The van der Waals surface area contributed by atoms with Gasteiger partial charge in [0.1, 0.15) is 6.33 Å². The van der Waals surface area contributed by atoms with Crippen LogP contribution in [0.5, 0.6) is 0 Å². The van der Waals surface area contributed by atoms with Gasteiger partial charge in [0.05, 0.1) is 6.54 Å². The van der Waals surface area contributed by atoms with Crippen molar-refractivity contribution in [2.45, 2.75) is 6.54 Å². The fraction of sp³-hybridized carbons (Fsp3) is 0.125. The molecule has 0 aliphatic carbocycles. The van der Waals surface area contributed by atoms with Crippen LogP contribution in [0.25, 0.3) is 6.08 Å². The van der Waals surface area contributed by atoms with E-state index in [9.17, 15) is 0 Å². The summed E-state index contributed by atoms with van der Waals surface area (Å²) in [7, 11) is 0. The van der Waals surface area contributed by atoms with Crippen LogP contribution in [0.4, 0.5) is 0 Å². The van der Waals surface area contributed by atoms with Gasteiger partial charge in [-0.3, -0.25) is 0 Å². The van der Waals surface area contributed by atoms with Gasteiger partial charge >= 0.3 is 0 Å². The Labute approximate surface area is 79.5 Å². The Kier molecular flexibility index (Phi) is 2.47. The molecule has 2 aromatic rings. The van der Waals surface area contributed by atoms with Crippen LogP contribution >= 0.6 is 11.3 Å². The third kappa shape index (κ3) is 2.22. The fourth-order valence-electron chi connectivity index (χ4n) is 0.927. The first-order valence-corrected chi connectivity index (χ1v) is 4.74. The van der Waals surface area contributed by atoms with E-state index in [2.05, 4.69) is 33.0 Å². The summed E-state index contributed by atoms with van der Waals surface area (Å²) < 4.78 is 1.67. The van der Waals surface area contributed by atoms with Gasteiger partial charge in [0.15, 0.2) is 0 Å². The molecule has 0 fully saturated rings. The quantitative estimate of drug-likeness (QED) is 0.739. The zero-order valence-corrected chi connectivity index (χ0v) is 7.68. The summed E-state index contributed by atoms with van der Waals surface area (Å²) in [6, 6.07) is 4.10. The molecule has 0 aliphatic heterocycles. The Bertz CT molecular complexity index is 363. The maximum atomic E-state index is 3.74. The molecular weight excluding hydrogens is 184 g/mol. The van der Waals surface area contributed by atoms with E-state index in [1.807, 2.05) is 12.1 Å². The van der Waals surface area contributed by atoms with Gasteiger partial charge in [0.25, 0.3) is 0 Å². The van der Waals surface area contributed by atoms with Crippen LogP contribution in [-0.2, 0) is 6.54 Å². The van der Waals surface area contributed by atoms with Crippen molar-refractivity contribution in [1.82, 2.24) is 20.2 Å². The van der Waals surface area contributed by atoms with E-state index in [0.717, 1.165) is 0 Å². The minimum Gasteiger partial charge on any atom is -0.229 e. The molecule has 0 unspecified atom stereocenters. The summed E-state index contributed by atoms with van der Waals surface area (Å²) in [6.45, 7) is 0.713. The first-order chi connectivity index (χ1) is 6.45. The van der Waals surface area contributed by atoms with Crippen LogP contribution in [0.2, 0.25) is 0 Å². The monoisotopic (exact) mass is 192 g/mol. The molecule has 2 aromatic heterocycles.